The van der Waals surface area contributed by atoms with Crippen molar-refractivity contribution in [1.29, 1.82) is 5.41 Å². The van der Waals surface area contributed by atoms with Crippen LogP contribution in [0.3, 0.4) is 0 Å². The number of esters is 3. The third kappa shape index (κ3) is 3.08. The lowest BCUT2D eigenvalue weighted by molar-refractivity contribution is -0.168. The van der Waals surface area contributed by atoms with E-state index in [1.54, 1.807) is 31.2 Å². The number of hydrogen-bond donors (Lipinski definition) is 2. The molecule has 0 aromatic heterocycles. The van der Waals surface area contributed by atoms with Crippen molar-refractivity contribution in [1.82, 2.24) is 0 Å². The predicted molar refractivity (Wildman–Crippen MR) is 102 cm³/mol. The first-order valence-electron chi connectivity index (χ1n) is 9.30. The molecule has 4 unspecified atom stereocenters. The monoisotopic (exact) mass is 418 g/mol. The maximum atomic E-state index is 13.4. The molecule has 1 aromatic rings. The van der Waals surface area contributed by atoms with Crippen LogP contribution in [-0.4, -0.2) is 56.6 Å². The van der Waals surface area contributed by atoms with Gasteiger partial charge in [-0.15, -0.1) is 0 Å². The van der Waals surface area contributed by atoms with E-state index in [4.69, 9.17) is 19.6 Å². The average molecular weight is 418 g/mol. The number of benzene rings is 1. The number of fused-ring (bicyclic) bond motifs is 2. The van der Waals surface area contributed by atoms with Gasteiger partial charge in [-0.2, -0.15) is 0 Å². The highest BCUT2D eigenvalue weighted by Crippen LogP contribution is 2.53. The van der Waals surface area contributed by atoms with Crippen LogP contribution in [0.25, 0.3) is 0 Å². The predicted octanol–water partition coefficient (Wildman–Crippen LogP) is 0.784. The molecule has 0 radical (unpaired) electrons. The quantitative estimate of drug-likeness (QED) is 0.528. The fourth-order valence-corrected chi connectivity index (χ4v) is 4.27. The first-order chi connectivity index (χ1) is 14.3. The normalized spacial score (nSPS) is 27.0. The Labute approximate surface area is 172 Å². The van der Waals surface area contributed by atoms with Crippen molar-refractivity contribution in [2.75, 3.05) is 26.1 Å². The molecular weight excluding hydrogens is 396 g/mol. The maximum Gasteiger partial charge on any atom is 0.319 e. The van der Waals surface area contributed by atoms with Gasteiger partial charge in [0.1, 0.15) is 17.4 Å². The van der Waals surface area contributed by atoms with E-state index in [0.29, 0.717) is 11.3 Å². The number of rotatable bonds is 5. The molecule has 1 saturated heterocycles. The standard InChI is InChI=1S/C20H22N2O8/c1-4-29-18(25)15-16(21)30-12(9-13(23)27-2)14(17(24)28-3)20(15)10-7-5-6-8-11(10)22-19(20)26/h5-8,12,14-15,21H,4,9H2,1-3H3,(H,22,26). The van der Waals surface area contributed by atoms with Crippen LogP contribution in [0.5, 0.6) is 0 Å². The molecule has 1 aromatic carbocycles. The number of carbonyl (C=O) groups excluding carboxylic acids is 4. The average Bonchev–Trinajstić information content (AvgIpc) is 2.99. The minimum atomic E-state index is -1.88. The Morgan fingerprint density at radius 1 is 1.17 bits per heavy atom. The highest BCUT2D eigenvalue weighted by molar-refractivity contribution is 6.16. The molecule has 30 heavy (non-hydrogen) atoms. The second-order valence-corrected chi connectivity index (χ2v) is 6.86. The Balaban J connectivity index is 2.29. The Bertz CT molecular complexity index is 914. The number of nitrogens with one attached hydrogen (secondary N) is 2. The molecular formula is C20H22N2O8. The van der Waals surface area contributed by atoms with E-state index in [1.807, 2.05) is 0 Å². The van der Waals surface area contributed by atoms with Crippen LogP contribution in [0.4, 0.5) is 5.69 Å². The van der Waals surface area contributed by atoms with Gasteiger partial charge in [-0.3, -0.25) is 24.6 Å². The van der Waals surface area contributed by atoms with Crippen LogP contribution in [0, 0.1) is 17.2 Å². The van der Waals surface area contributed by atoms with E-state index in [2.05, 4.69) is 10.1 Å². The summed E-state index contributed by atoms with van der Waals surface area (Å²) in [6, 6.07) is 6.53. The third-order valence-corrected chi connectivity index (χ3v) is 5.43. The van der Waals surface area contributed by atoms with Gasteiger partial charge in [-0.05, 0) is 18.6 Å². The van der Waals surface area contributed by atoms with Crippen molar-refractivity contribution in [3.05, 3.63) is 29.8 Å². The largest absolute Gasteiger partial charge is 0.476 e. The van der Waals surface area contributed by atoms with E-state index >= 15 is 0 Å². The Hall–Kier alpha value is -3.43. The first kappa shape index (κ1) is 21.3. The van der Waals surface area contributed by atoms with Gasteiger partial charge < -0.3 is 24.3 Å². The summed E-state index contributed by atoms with van der Waals surface area (Å²) in [5.41, 5.74) is -1.17. The zero-order valence-electron chi connectivity index (χ0n) is 16.7. The summed E-state index contributed by atoms with van der Waals surface area (Å²) < 4.78 is 20.3. The molecule has 0 saturated carbocycles. The van der Waals surface area contributed by atoms with Crippen LogP contribution < -0.4 is 5.32 Å². The summed E-state index contributed by atoms with van der Waals surface area (Å²) in [6.07, 6.45) is -1.69. The van der Waals surface area contributed by atoms with Crippen molar-refractivity contribution in [3.63, 3.8) is 0 Å². The van der Waals surface area contributed by atoms with E-state index in [9.17, 15) is 19.2 Å². The van der Waals surface area contributed by atoms with Gasteiger partial charge in [0.25, 0.3) is 0 Å². The van der Waals surface area contributed by atoms with Crippen LogP contribution in [-0.2, 0) is 43.5 Å². The number of para-hydroxylation sites is 1. The van der Waals surface area contributed by atoms with Crippen molar-refractivity contribution in [2.45, 2.75) is 24.9 Å². The fourth-order valence-electron chi connectivity index (χ4n) is 4.27. The van der Waals surface area contributed by atoms with Gasteiger partial charge in [0.15, 0.2) is 11.8 Å². The van der Waals surface area contributed by atoms with Crippen LogP contribution in [0.2, 0.25) is 0 Å². The number of ether oxygens (including phenoxy) is 4. The summed E-state index contributed by atoms with van der Waals surface area (Å²) in [6.45, 7) is 1.58. The number of amides is 1. The molecule has 2 aliphatic rings. The molecule has 160 valence electrons. The fraction of sp³-hybridized carbons (Fsp3) is 0.450. The maximum absolute atomic E-state index is 13.4. The van der Waals surface area contributed by atoms with Crippen LogP contribution >= 0.6 is 0 Å². The molecule has 1 spiro atoms. The smallest absolute Gasteiger partial charge is 0.319 e. The summed E-state index contributed by atoms with van der Waals surface area (Å²) >= 11 is 0. The highest BCUT2D eigenvalue weighted by Gasteiger charge is 2.69. The Morgan fingerprint density at radius 2 is 1.87 bits per heavy atom. The Kier molecular flexibility index (Phi) is 5.77. The molecule has 1 fully saturated rings. The molecule has 0 aliphatic carbocycles. The molecule has 2 heterocycles. The molecule has 2 aliphatic heterocycles. The van der Waals surface area contributed by atoms with E-state index in [-0.39, 0.29) is 6.61 Å². The second-order valence-electron chi connectivity index (χ2n) is 6.86. The number of anilines is 1. The van der Waals surface area contributed by atoms with E-state index < -0.39 is 59.5 Å². The highest BCUT2D eigenvalue weighted by atomic mass is 16.6. The van der Waals surface area contributed by atoms with Crippen molar-refractivity contribution in [2.24, 2.45) is 11.8 Å². The summed E-state index contributed by atoms with van der Waals surface area (Å²) in [4.78, 5) is 51.2. The zero-order chi connectivity index (χ0) is 22.1. The van der Waals surface area contributed by atoms with Gasteiger partial charge in [0.2, 0.25) is 5.91 Å². The van der Waals surface area contributed by atoms with E-state index in [0.717, 1.165) is 7.11 Å². The number of methoxy groups -OCH3 is 2. The molecule has 0 bridgehead atoms. The van der Waals surface area contributed by atoms with Gasteiger partial charge in [-0.25, -0.2) is 0 Å². The first-order valence-corrected chi connectivity index (χ1v) is 9.30. The van der Waals surface area contributed by atoms with Crippen LogP contribution in [0.1, 0.15) is 18.9 Å². The molecule has 10 nitrogen and oxygen atoms in total. The lowest BCUT2D eigenvalue weighted by Gasteiger charge is -2.46. The van der Waals surface area contributed by atoms with Gasteiger partial charge in [-0.1, -0.05) is 18.2 Å². The summed E-state index contributed by atoms with van der Waals surface area (Å²) in [5.74, 6) is -6.67. The van der Waals surface area contributed by atoms with Crippen LogP contribution in [0.15, 0.2) is 24.3 Å². The molecule has 3 rings (SSSR count). The Morgan fingerprint density at radius 3 is 2.50 bits per heavy atom. The minimum absolute atomic E-state index is 0.00353. The zero-order valence-corrected chi connectivity index (χ0v) is 16.7. The van der Waals surface area contributed by atoms with Gasteiger partial charge in [0, 0.05) is 5.69 Å². The van der Waals surface area contributed by atoms with Gasteiger partial charge in [0.05, 0.1) is 27.2 Å². The molecule has 4 atom stereocenters. The third-order valence-electron chi connectivity index (χ3n) is 5.43. The summed E-state index contributed by atoms with van der Waals surface area (Å²) in [5, 5.41) is 11.1. The molecule has 1 amide bonds. The lowest BCUT2D eigenvalue weighted by atomic mass is 9.59. The van der Waals surface area contributed by atoms with Gasteiger partial charge >= 0.3 is 17.9 Å². The van der Waals surface area contributed by atoms with E-state index in [1.165, 1.54) is 7.11 Å². The number of hydrogen-bond acceptors (Lipinski definition) is 9. The van der Waals surface area contributed by atoms with Crippen molar-refractivity contribution >= 4 is 35.4 Å². The molecule has 2 N–H and O–H groups in total. The minimum Gasteiger partial charge on any atom is -0.476 e. The number of carbonyl (C=O) groups is 4. The van der Waals surface area contributed by atoms with Crippen molar-refractivity contribution in [3.8, 4) is 0 Å². The summed E-state index contributed by atoms with van der Waals surface area (Å²) in [7, 11) is 2.29. The lowest BCUT2D eigenvalue weighted by Crippen LogP contribution is -2.64. The second kappa shape index (κ2) is 8.13. The van der Waals surface area contributed by atoms with Crippen molar-refractivity contribution < 1.29 is 38.1 Å². The SMILES string of the molecule is CCOC(=O)C1C(=N)OC(CC(=O)OC)C(C(=O)OC)C12C(=O)Nc1ccccc12. The molecule has 10 heteroatoms. The topological polar surface area (TPSA) is 141 Å².